The molecule has 0 amide bonds. The number of rotatable bonds is 8. The van der Waals surface area contributed by atoms with Crippen molar-refractivity contribution in [1.29, 1.82) is 5.26 Å². The average Bonchev–Trinajstić information content (AvgIpc) is 3.12. The van der Waals surface area contributed by atoms with Crippen molar-refractivity contribution in [1.82, 2.24) is 9.62 Å². The Morgan fingerprint density at radius 1 is 1.32 bits per heavy atom. The zero-order valence-electron chi connectivity index (χ0n) is 14.1. The smallest absolute Gasteiger partial charge is 0.240 e. The van der Waals surface area contributed by atoms with Gasteiger partial charge in [0.05, 0.1) is 15.5 Å². The van der Waals surface area contributed by atoms with E-state index in [0.717, 1.165) is 18.7 Å². The number of thiophene rings is 1. The minimum atomic E-state index is -3.71. The van der Waals surface area contributed by atoms with E-state index in [9.17, 15) is 8.42 Å². The molecule has 1 aromatic carbocycles. The zero-order chi connectivity index (χ0) is 18.4. The quantitative estimate of drug-likeness (QED) is 0.738. The first-order valence-corrected chi connectivity index (χ1v) is 10.7. The molecule has 1 heterocycles. The molecule has 0 aliphatic rings. The maximum atomic E-state index is 12.6. The lowest BCUT2D eigenvalue weighted by molar-refractivity contribution is 0.220. The second-order valence-corrected chi connectivity index (χ2v) is 8.35. The molecule has 2 aromatic rings. The van der Waals surface area contributed by atoms with E-state index in [1.54, 1.807) is 11.3 Å². The topological polar surface area (TPSA) is 73.2 Å². The molecule has 0 saturated heterocycles. The van der Waals surface area contributed by atoms with Crippen LogP contribution in [0.3, 0.4) is 0 Å². The van der Waals surface area contributed by atoms with Crippen molar-refractivity contribution in [2.45, 2.75) is 24.8 Å². The van der Waals surface area contributed by atoms with E-state index in [1.807, 2.05) is 22.9 Å². The van der Waals surface area contributed by atoms with Crippen LogP contribution in [0.15, 0.2) is 39.9 Å². The highest BCUT2D eigenvalue weighted by molar-refractivity contribution is 7.89. The van der Waals surface area contributed by atoms with Crippen LogP contribution in [-0.4, -0.2) is 33.0 Å². The highest BCUT2D eigenvalue weighted by Crippen LogP contribution is 2.24. The first kappa shape index (κ1) is 19.9. The molecule has 1 atom stereocenters. The molecule has 1 N–H and O–H groups in total. The number of halogens is 1. The van der Waals surface area contributed by atoms with E-state index in [-0.39, 0.29) is 28.1 Å². The first-order valence-electron chi connectivity index (χ1n) is 7.88. The summed E-state index contributed by atoms with van der Waals surface area (Å²) in [6, 6.07) is 8.01. The molecule has 0 spiro atoms. The molecule has 0 unspecified atom stereocenters. The average molecular weight is 398 g/mol. The van der Waals surface area contributed by atoms with Gasteiger partial charge >= 0.3 is 0 Å². The Balaban J connectivity index is 2.21. The summed E-state index contributed by atoms with van der Waals surface area (Å²) in [5.74, 6) is 0. The second-order valence-electron chi connectivity index (χ2n) is 5.40. The van der Waals surface area contributed by atoms with Gasteiger partial charge < -0.3 is 0 Å². The van der Waals surface area contributed by atoms with Crippen LogP contribution in [0.5, 0.6) is 0 Å². The molecule has 0 fully saturated rings. The Bertz CT molecular complexity index is 841. The Labute approximate surface area is 157 Å². The third-order valence-electron chi connectivity index (χ3n) is 4.02. The van der Waals surface area contributed by atoms with Crippen LogP contribution in [0.2, 0.25) is 5.02 Å². The molecule has 1 aromatic heterocycles. The minimum absolute atomic E-state index is 0.0371. The molecule has 0 bridgehead atoms. The van der Waals surface area contributed by atoms with Crippen molar-refractivity contribution in [3.05, 3.63) is 51.2 Å². The SMILES string of the molecule is CCN(CC)[C@@H](CNS(=O)(=O)c1ccc(C#N)c(Cl)c1)c1ccsc1. The molecule has 5 nitrogen and oxygen atoms in total. The number of benzene rings is 1. The first-order chi connectivity index (χ1) is 11.9. The van der Waals surface area contributed by atoms with E-state index in [4.69, 9.17) is 16.9 Å². The zero-order valence-corrected chi connectivity index (χ0v) is 16.5. The monoisotopic (exact) mass is 397 g/mol. The van der Waals surface area contributed by atoms with E-state index in [0.29, 0.717) is 0 Å². The van der Waals surface area contributed by atoms with Gasteiger partial charge in [-0.15, -0.1) is 0 Å². The van der Waals surface area contributed by atoms with Crippen LogP contribution in [0.4, 0.5) is 0 Å². The lowest BCUT2D eigenvalue weighted by Gasteiger charge is -2.29. The Hall–Kier alpha value is -1.43. The molecule has 8 heteroatoms. The molecular formula is C17H20ClN3O2S2. The predicted molar refractivity (Wildman–Crippen MR) is 101 cm³/mol. The maximum absolute atomic E-state index is 12.6. The Kier molecular flexibility index (Phi) is 6.99. The maximum Gasteiger partial charge on any atom is 0.240 e. The van der Waals surface area contributed by atoms with Crippen molar-refractivity contribution < 1.29 is 8.42 Å². The molecule has 2 rings (SSSR count). The number of hydrogen-bond acceptors (Lipinski definition) is 5. The molecule has 0 aliphatic carbocycles. The largest absolute Gasteiger partial charge is 0.296 e. The molecular weight excluding hydrogens is 378 g/mol. The van der Waals surface area contributed by atoms with Crippen LogP contribution >= 0.6 is 22.9 Å². The van der Waals surface area contributed by atoms with Gasteiger partial charge in [0.25, 0.3) is 0 Å². The standard InChI is InChI=1S/C17H20ClN3O2S2/c1-3-21(4-2)17(14-7-8-24-12-14)11-20-25(22,23)15-6-5-13(10-19)16(18)9-15/h5-9,12,17,20H,3-4,11H2,1-2H3/t17-/m0/s1. The van der Waals surface area contributed by atoms with Crippen LogP contribution in [0.1, 0.15) is 31.0 Å². The third-order valence-corrected chi connectivity index (χ3v) is 6.45. The van der Waals surface area contributed by atoms with Gasteiger partial charge in [-0.1, -0.05) is 25.4 Å². The molecule has 134 valence electrons. The summed E-state index contributed by atoms with van der Waals surface area (Å²) >= 11 is 7.54. The Morgan fingerprint density at radius 3 is 2.56 bits per heavy atom. The highest BCUT2D eigenvalue weighted by atomic mass is 35.5. The van der Waals surface area contributed by atoms with Crippen LogP contribution in [-0.2, 0) is 10.0 Å². The fourth-order valence-electron chi connectivity index (χ4n) is 2.61. The van der Waals surface area contributed by atoms with Crippen LogP contribution < -0.4 is 4.72 Å². The number of likely N-dealkylation sites (N-methyl/N-ethyl adjacent to an activating group) is 1. The normalized spacial score (nSPS) is 12.9. The fraction of sp³-hybridized carbons (Fsp3) is 0.353. The number of hydrogen-bond donors (Lipinski definition) is 1. The lowest BCUT2D eigenvalue weighted by Crippen LogP contribution is -2.37. The van der Waals surface area contributed by atoms with Gasteiger partial charge in [-0.2, -0.15) is 16.6 Å². The summed E-state index contributed by atoms with van der Waals surface area (Å²) in [7, 11) is -3.71. The van der Waals surface area contributed by atoms with Gasteiger partial charge in [-0.25, -0.2) is 13.1 Å². The molecule has 0 radical (unpaired) electrons. The number of nitriles is 1. The molecule has 0 saturated carbocycles. The number of nitrogens with zero attached hydrogens (tertiary/aromatic N) is 2. The van der Waals surface area contributed by atoms with Crippen molar-refractivity contribution in [2.24, 2.45) is 0 Å². The van der Waals surface area contributed by atoms with E-state index < -0.39 is 10.0 Å². The van der Waals surface area contributed by atoms with Gasteiger partial charge in [0.1, 0.15) is 6.07 Å². The summed E-state index contributed by atoms with van der Waals surface area (Å²) in [5.41, 5.74) is 1.34. The van der Waals surface area contributed by atoms with Crippen molar-refractivity contribution in [3.8, 4) is 6.07 Å². The minimum Gasteiger partial charge on any atom is -0.296 e. The van der Waals surface area contributed by atoms with Crippen LogP contribution in [0, 0.1) is 11.3 Å². The Morgan fingerprint density at radius 2 is 2.04 bits per heavy atom. The van der Waals surface area contributed by atoms with Crippen molar-refractivity contribution >= 4 is 33.0 Å². The molecule has 25 heavy (non-hydrogen) atoms. The van der Waals surface area contributed by atoms with Gasteiger partial charge in [0.15, 0.2) is 0 Å². The van der Waals surface area contributed by atoms with Crippen LogP contribution in [0.25, 0.3) is 0 Å². The van der Waals surface area contributed by atoms with E-state index in [2.05, 4.69) is 23.5 Å². The second kappa shape index (κ2) is 8.79. The van der Waals surface area contributed by atoms with Gasteiger partial charge in [0, 0.05) is 12.6 Å². The lowest BCUT2D eigenvalue weighted by atomic mass is 10.1. The summed E-state index contributed by atoms with van der Waals surface area (Å²) in [4.78, 5) is 2.26. The summed E-state index contributed by atoms with van der Waals surface area (Å²) in [6.07, 6.45) is 0. The number of sulfonamides is 1. The van der Waals surface area contributed by atoms with E-state index in [1.165, 1.54) is 18.2 Å². The summed E-state index contributed by atoms with van der Waals surface area (Å²) in [6.45, 7) is 6.01. The van der Waals surface area contributed by atoms with Crippen molar-refractivity contribution in [3.63, 3.8) is 0 Å². The molecule has 0 aliphatic heterocycles. The van der Waals surface area contributed by atoms with Gasteiger partial charge in [0.2, 0.25) is 10.0 Å². The van der Waals surface area contributed by atoms with E-state index >= 15 is 0 Å². The summed E-state index contributed by atoms with van der Waals surface area (Å²) < 4.78 is 27.8. The van der Waals surface area contributed by atoms with Gasteiger partial charge in [-0.05, 0) is 53.7 Å². The number of nitrogens with one attached hydrogen (secondary N) is 1. The third kappa shape index (κ3) is 4.81. The fourth-order valence-corrected chi connectivity index (χ4v) is 4.67. The summed E-state index contributed by atoms with van der Waals surface area (Å²) in [5, 5.41) is 13.1. The highest BCUT2D eigenvalue weighted by Gasteiger charge is 2.22. The van der Waals surface area contributed by atoms with Crippen molar-refractivity contribution in [2.75, 3.05) is 19.6 Å². The predicted octanol–water partition coefficient (Wildman–Crippen LogP) is 3.63. The van der Waals surface area contributed by atoms with Gasteiger partial charge in [-0.3, -0.25) is 4.90 Å².